The first-order valence-corrected chi connectivity index (χ1v) is 7.45. The van der Waals surface area contributed by atoms with Crippen molar-refractivity contribution in [2.75, 3.05) is 13.3 Å². The largest absolute Gasteiger partial charge is 0.488 e. The standard InChI is InChI=1S/C16H25NO4/c1-10(2)7-17-8-13-5-15-16(20-9-19-15)6-14(13)21-12(4)11(3)18/h5-6,10-12,17-18H,7-9H2,1-4H3. The van der Waals surface area contributed by atoms with Gasteiger partial charge >= 0.3 is 0 Å². The monoisotopic (exact) mass is 295 g/mol. The van der Waals surface area contributed by atoms with Crippen molar-refractivity contribution in [2.45, 2.75) is 46.4 Å². The Kier molecular flexibility index (Phi) is 5.31. The van der Waals surface area contributed by atoms with E-state index in [-0.39, 0.29) is 12.9 Å². The molecule has 0 bridgehead atoms. The second-order valence-corrected chi connectivity index (χ2v) is 5.90. The van der Waals surface area contributed by atoms with Gasteiger partial charge in [-0.15, -0.1) is 0 Å². The van der Waals surface area contributed by atoms with E-state index in [0.29, 0.717) is 18.2 Å². The third-order valence-corrected chi connectivity index (χ3v) is 3.42. The maximum atomic E-state index is 9.62. The maximum Gasteiger partial charge on any atom is 0.231 e. The van der Waals surface area contributed by atoms with Crippen LogP contribution in [0.5, 0.6) is 17.2 Å². The van der Waals surface area contributed by atoms with Crippen LogP contribution in [0.1, 0.15) is 33.3 Å². The highest BCUT2D eigenvalue weighted by molar-refractivity contribution is 5.51. The topological polar surface area (TPSA) is 60.0 Å². The van der Waals surface area contributed by atoms with E-state index in [1.54, 1.807) is 6.92 Å². The Bertz CT molecular complexity index is 474. The van der Waals surface area contributed by atoms with Gasteiger partial charge in [-0.05, 0) is 32.4 Å². The number of ether oxygens (including phenoxy) is 3. The van der Waals surface area contributed by atoms with Gasteiger partial charge in [-0.3, -0.25) is 0 Å². The molecule has 2 N–H and O–H groups in total. The Hall–Kier alpha value is -1.46. The highest BCUT2D eigenvalue weighted by Gasteiger charge is 2.20. The molecule has 2 atom stereocenters. The fourth-order valence-electron chi connectivity index (χ4n) is 2.01. The van der Waals surface area contributed by atoms with Crippen molar-refractivity contribution in [3.05, 3.63) is 17.7 Å². The number of rotatable bonds is 7. The molecule has 5 nitrogen and oxygen atoms in total. The number of aliphatic hydroxyl groups is 1. The Balaban J connectivity index is 2.15. The lowest BCUT2D eigenvalue weighted by molar-refractivity contribution is 0.0596. The minimum Gasteiger partial charge on any atom is -0.488 e. The van der Waals surface area contributed by atoms with Gasteiger partial charge < -0.3 is 24.6 Å². The van der Waals surface area contributed by atoms with Crippen LogP contribution in [0.15, 0.2) is 12.1 Å². The molecule has 1 aliphatic heterocycles. The van der Waals surface area contributed by atoms with Gasteiger partial charge in [-0.2, -0.15) is 0 Å². The van der Waals surface area contributed by atoms with Gasteiger partial charge in [0.15, 0.2) is 11.5 Å². The molecule has 5 heteroatoms. The minimum atomic E-state index is -0.535. The zero-order valence-electron chi connectivity index (χ0n) is 13.2. The van der Waals surface area contributed by atoms with E-state index in [4.69, 9.17) is 14.2 Å². The number of aliphatic hydroxyl groups excluding tert-OH is 1. The van der Waals surface area contributed by atoms with Gasteiger partial charge in [0, 0.05) is 18.2 Å². The lowest BCUT2D eigenvalue weighted by Crippen LogP contribution is -2.26. The Morgan fingerprint density at radius 2 is 1.86 bits per heavy atom. The second-order valence-electron chi connectivity index (χ2n) is 5.90. The van der Waals surface area contributed by atoms with Crippen molar-refractivity contribution in [1.82, 2.24) is 5.32 Å². The van der Waals surface area contributed by atoms with Crippen LogP contribution < -0.4 is 19.5 Å². The van der Waals surface area contributed by atoms with Crippen molar-refractivity contribution >= 4 is 0 Å². The maximum absolute atomic E-state index is 9.62. The Morgan fingerprint density at radius 3 is 2.48 bits per heavy atom. The lowest BCUT2D eigenvalue weighted by atomic mass is 10.1. The van der Waals surface area contributed by atoms with Gasteiger partial charge in [-0.25, -0.2) is 0 Å². The Morgan fingerprint density at radius 1 is 1.19 bits per heavy atom. The summed E-state index contributed by atoms with van der Waals surface area (Å²) in [6.45, 7) is 9.76. The number of hydrogen-bond donors (Lipinski definition) is 2. The average Bonchev–Trinajstić information content (AvgIpc) is 2.85. The molecule has 0 radical (unpaired) electrons. The quantitative estimate of drug-likeness (QED) is 0.808. The first-order valence-electron chi connectivity index (χ1n) is 7.45. The highest BCUT2D eigenvalue weighted by Crippen LogP contribution is 2.38. The van der Waals surface area contributed by atoms with Crippen molar-refractivity contribution in [3.8, 4) is 17.2 Å². The molecule has 0 amide bonds. The molecule has 1 aromatic carbocycles. The molecule has 0 saturated heterocycles. The van der Waals surface area contributed by atoms with Crippen LogP contribution in [0.4, 0.5) is 0 Å². The third kappa shape index (κ3) is 4.25. The van der Waals surface area contributed by atoms with Crippen LogP contribution in [0, 0.1) is 5.92 Å². The first-order chi connectivity index (χ1) is 9.97. The average molecular weight is 295 g/mol. The van der Waals surface area contributed by atoms with E-state index >= 15 is 0 Å². The van der Waals surface area contributed by atoms with Crippen LogP contribution >= 0.6 is 0 Å². The zero-order chi connectivity index (χ0) is 15.4. The van der Waals surface area contributed by atoms with E-state index in [1.807, 2.05) is 19.1 Å². The molecule has 1 heterocycles. The van der Waals surface area contributed by atoms with Gasteiger partial charge in [0.25, 0.3) is 0 Å². The fraction of sp³-hybridized carbons (Fsp3) is 0.625. The van der Waals surface area contributed by atoms with Crippen molar-refractivity contribution in [1.29, 1.82) is 0 Å². The molecular weight excluding hydrogens is 270 g/mol. The van der Waals surface area contributed by atoms with Gasteiger partial charge in [0.05, 0.1) is 6.10 Å². The van der Waals surface area contributed by atoms with Crippen LogP contribution in [-0.4, -0.2) is 30.7 Å². The summed E-state index contributed by atoms with van der Waals surface area (Å²) < 4.78 is 16.7. The van der Waals surface area contributed by atoms with E-state index in [2.05, 4.69) is 19.2 Å². The highest BCUT2D eigenvalue weighted by atomic mass is 16.7. The Labute approximate surface area is 126 Å². The normalized spacial score (nSPS) is 16.1. The molecular formula is C16H25NO4. The van der Waals surface area contributed by atoms with E-state index in [9.17, 15) is 5.11 Å². The van der Waals surface area contributed by atoms with Crippen LogP contribution in [-0.2, 0) is 6.54 Å². The van der Waals surface area contributed by atoms with Gasteiger partial charge in [0.2, 0.25) is 6.79 Å². The smallest absolute Gasteiger partial charge is 0.231 e. The van der Waals surface area contributed by atoms with Crippen LogP contribution in [0.2, 0.25) is 0 Å². The fourth-order valence-corrected chi connectivity index (χ4v) is 2.01. The summed E-state index contributed by atoms with van der Waals surface area (Å²) in [5.74, 6) is 2.74. The number of nitrogens with one attached hydrogen (secondary N) is 1. The van der Waals surface area contributed by atoms with Gasteiger partial charge in [-0.1, -0.05) is 13.8 Å². The molecule has 1 aromatic rings. The second kappa shape index (κ2) is 7.00. The molecule has 2 unspecified atom stereocenters. The summed E-state index contributed by atoms with van der Waals surface area (Å²) in [6, 6.07) is 3.79. The molecule has 0 spiro atoms. The minimum absolute atomic E-state index is 0.240. The summed E-state index contributed by atoms with van der Waals surface area (Å²) in [5.41, 5.74) is 1.01. The van der Waals surface area contributed by atoms with E-state index in [0.717, 1.165) is 23.6 Å². The molecule has 1 aliphatic rings. The number of fused-ring (bicyclic) bond motifs is 1. The lowest BCUT2D eigenvalue weighted by Gasteiger charge is -2.20. The zero-order valence-corrected chi connectivity index (χ0v) is 13.2. The first kappa shape index (κ1) is 15.9. The molecule has 0 aromatic heterocycles. The number of hydrogen-bond acceptors (Lipinski definition) is 5. The van der Waals surface area contributed by atoms with Crippen molar-refractivity contribution < 1.29 is 19.3 Å². The molecule has 2 rings (SSSR count). The molecule has 21 heavy (non-hydrogen) atoms. The number of benzene rings is 1. The van der Waals surface area contributed by atoms with E-state index in [1.165, 1.54) is 0 Å². The predicted molar refractivity (Wildman–Crippen MR) is 80.9 cm³/mol. The summed E-state index contributed by atoms with van der Waals surface area (Å²) in [4.78, 5) is 0. The molecule has 118 valence electrons. The van der Waals surface area contributed by atoms with Crippen LogP contribution in [0.3, 0.4) is 0 Å². The summed E-state index contributed by atoms with van der Waals surface area (Å²) >= 11 is 0. The third-order valence-electron chi connectivity index (χ3n) is 3.42. The molecule has 0 fully saturated rings. The van der Waals surface area contributed by atoms with Crippen molar-refractivity contribution in [2.24, 2.45) is 5.92 Å². The summed E-state index contributed by atoms with van der Waals surface area (Å²) in [7, 11) is 0. The van der Waals surface area contributed by atoms with Crippen molar-refractivity contribution in [3.63, 3.8) is 0 Å². The van der Waals surface area contributed by atoms with E-state index < -0.39 is 6.10 Å². The summed E-state index contributed by atoms with van der Waals surface area (Å²) in [6.07, 6.45) is -0.818. The van der Waals surface area contributed by atoms with Crippen LogP contribution in [0.25, 0.3) is 0 Å². The predicted octanol–water partition coefficient (Wildman–Crippen LogP) is 2.31. The summed E-state index contributed by atoms with van der Waals surface area (Å²) in [5, 5.41) is 13.0. The molecule has 0 aliphatic carbocycles. The molecule has 0 saturated carbocycles. The SMILES string of the molecule is CC(C)CNCc1cc2c(cc1OC(C)C(C)O)OCO2. The van der Waals surface area contributed by atoms with Gasteiger partial charge in [0.1, 0.15) is 11.9 Å².